The molecular formula is C20H25NO6S. The number of aryl methyl sites for hydroxylation is 2. The van der Waals surface area contributed by atoms with Gasteiger partial charge in [-0.25, -0.2) is 17.5 Å². The zero-order valence-corrected chi connectivity index (χ0v) is 17.2. The molecule has 8 heteroatoms. The Morgan fingerprint density at radius 2 is 1.93 bits per heavy atom. The second-order valence-corrected chi connectivity index (χ2v) is 9.41. The predicted octanol–water partition coefficient (Wildman–Crippen LogP) is 2.51. The van der Waals surface area contributed by atoms with Crippen LogP contribution in [0.25, 0.3) is 11.0 Å². The molecule has 7 nitrogen and oxygen atoms in total. The summed E-state index contributed by atoms with van der Waals surface area (Å²) in [6.07, 6.45) is 0.877. The van der Waals surface area contributed by atoms with E-state index in [9.17, 15) is 18.0 Å². The first kappa shape index (κ1) is 20.5. The van der Waals surface area contributed by atoms with E-state index in [2.05, 4.69) is 0 Å². The molecule has 1 aromatic carbocycles. The van der Waals surface area contributed by atoms with Crippen LogP contribution in [0.4, 0.5) is 0 Å². The van der Waals surface area contributed by atoms with Gasteiger partial charge in [0.1, 0.15) is 12.2 Å². The minimum atomic E-state index is -3.23. The van der Waals surface area contributed by atoms with Crippen molar-refractivity contribution in [2.24, 2.45) is 5.92 Å². The SMILES string of the molecule is CCS(=O)(=O)N1CCC(C(=O)OCc2cc(=O)oc3c(C)c(C)ccc23)CC1. The lowest BCUT2D eigenvalue weighted by atomic mass is 9.98. The monoisotopic (exact) mass is 407 g/mol. The highest BCUT2D eigenvalue weighted by atomic mass is 32.2. The second-order valence-electron chi connectivity index (χ2n) is 7.16. The number of nitrogens with zero attached hydrogens (tertiary/aromatic N) is 1. The van der Waals surface area contributed by atoms with E-state index in [1.807, 2.05) is 26.0 Å². The van der Waals surface area contributed by atoms with Crippen molar-refractivity contribution >= 4 is 27.0 Å². The Morgan fingerprint density at radius 3 is 2.57 bits per heavy atom. The largest absolute Gasteiger partial charge is 0.461 e. The Labute approximate surface area is 164 Å². The lowest BCUT2D eigenvalue weighted by Gasteiger charge is -2.29. The smallest absolute Gasteiger partial charge is 0.336 e. The van der Waals surface area contributed by atoms with Crippen LogP contribution in [0.3, 0.4) is 0 Å². The standard InChI is InChI=1S/C20H25NO6S/c1-4-28(24,25)21-9-7-15(8-10-21)20(23)26-12-16-11-18(22)27-19-14(3)13(2)5-6-17(16)19/h5-6,11,15H,4,7-10,12H2,1-3H3. The van der Waals surface area contributed by atoms with Gasteiger partial charge in [-0.3, -0.25) is 4.79 Å². The molecule has 152 valence electrons. The van der Waals surface area contributed by atoms with Gasteiger partial charge in [-0.15, -0.1) is 0 Å². The van der Waals surface area contributed by atoms with Gasteiger partial charge in [0, 0.05) is 30.1 Å². The van der Waals surface area contributed by atoms with Crippen molar-refractivity contribution < 1.29 is 22.4 Å². The first-order valence-corrected chi connectivity index (χ1v) is 11.0. The number of piperidine rings is 1. The third-order valence-corrected chi connectivity index (χ3v) is 7.31. The van der Waals surface area contributed by atoms with Gasteiger partial charge in [0.2, 0.25) is 10.0 Å². The summed E-state index contributed by atoms with van der Waals surface area (Å²) in [6, 6.07) is 5.14. The number of esters is 1. The maximum atomic E-state index is 12.4. The highest BCUT2D eigenvalue weighted by Crippen LogP contribution is 2.25. The molecule has 0 atom stereocenters. The van der Waals surface area contributed by atoms with Crippen LogP contribution in [0.5, 0.6) is 0 Å². The molecule has 3 rings (SSSR count). The van der Waals surface area contributed by atoms with Crippen molar-refractivity contribution in [3.63, 3.8) is 0 Å². The van der Waals surface area contributed by atoms with E-state index in [-0.39, 0.29) is 24.2 Å². The van der Waals surface area contributed by atoms with E-state index >= 15 is 0 Å². The summed E-state index contributed by atoms with van der Waals surface area (Å²) < 4.78 is 36.1. The molecule has 0 aliphatic carbocycles. The molecule has 1 saturated heterocycles. The van der Waals surface area contributed by atoms with Crippen LogP contribution < -0.4 is 5.63 Å². The summed E-state index contributed by atoms with van der Waals surface area (Å²) in [7, 11) is -3.23. The van der Waals surface area contributed by atoms with Crippen molar-refractivity contribution in [2.75, 3.05) is 18.8 Å². The van der Waals surface area contributed by atoms with Crippen LogP contribution in [-0.2, 0) is 26.2 Å². The van der Waals surface area contributed by atoms with E-state index in [4.69, 9.17) is 9.15 Å². The van der Waals surface area contributed by atoms with E-state index in [1.165, 1.54) is 10.4 Å². The number of sulfonamides is 1. The third kappa shape index (κ3) is 4.12. The van der Waals surface area contributed by atoms with Gasteiger partial charge in [-0.2, -0.15) is 0 Å². The average Bonchev–Trinajstić information content (AvgIpc) is 2.69. The minimum Gasteiger partial charge on any atom is -0.461 e. The average molecular weight is 407 g/mol. The molecule has 0 spiro atoms. The van der Waals surface area contributed by atoms with Crippen LogP contribution in [-0.4, -0.2) is 37.5 Å². The Kier molecular flexibility index (Phi) is 5.90. The van der Waals surface area contributed by atoms with Gasteiger partial charge in [0.15, 0.2) is 0 Å². The van der Waals surface area contributed by atoms with E-state index in [0.717, 1.165) is 16.5 Å². The Bertz CT molecular complexity index is 1050. The molecule has 2 heterocycles. The van der Waals surface area contributed by atoms with Crippen molar-refractivity contribution in [1.29, 1.82) is 0 Å². The van der Waals surface area contributed by atoms with Gasteiger partial charge in [-0.1, -0.05) is 12.1 Å². The van der Waals surface area contributed by atoms with Gasteiger partial charge in [0.25, 0.3) is 0 Å². The summed E-state index contributed by atoms with van der Waals surface area (Å²) in [5.74, 6) is -0.637. The fourth-order valence-electron chi connectivity index (χ4n) is 3.46. The zero-order valence-electron chi connectivity index (χ0n) is 16.4. The van der Waals surface area contributed by atoms with E-state index in [0.29, 0.717) is 37.1 Å². The van der Waals surface area contributed by atoms with Gasteiger partial charge in [-0.05, 0) is 44.7 Å². The van der Waals surface area contributed by atoms with Crippen molar-refractivity contribution in [3.05, 3.63) is 45.3 Å². The molecule has 0 amide bonds. The molecule has 0 N–H and O–H groups in total. The van der Waals surface area contributed by atoms with Crippen LogP contribution in [0.2, 0.25) is 0 Å². The van der Waals surface area contributed by atoms with Gasteiger partial charge in [0.05, 0.1) is 11.7 Å². The predicted molar refractivity (Wildman–Crippen MR) is 106 cm³/mol. The van der Waals surface area contributed by atoms with Crippen molar-refractivity contribution in [2.45, 2.75) is 40.2 Å². The zero-order chi connectivity index (χ0) is 20.5. The molecule has 2 aromatic rings. The fraction of sp³-hybridized carbons (Fsp3) is 0.500. The lowest BCUT2D eigenvalue weighted by Crippen LogP contribution is -2.41. The summed E-state index contributed by atoms with van der Waals surface area (Å²) in [5, 5.41) is 0.749. The molecule has 0 saturated carbocycles. The molecule has 1 fully saturated rings. The molecule has 1 aromatic heterocycles. The number of ether oxygens (including phenoxy) is 1. The molecule has 28 heavy (non-hydrogen) atoms. The molecule has 0 unspecified atom stereocenters. The Hall–Kier alpha value is -2.19. The number of hydrogen-bond donors (Lipinski definition) is 0. The first-order valence-electron chi connectivity index (χ1n) is 9.40. The molecule has 1 aliphatic heterocycles. The number of carbonyl (C=O) groups excluding carboxylic acids is 1. The van der Waals surface area contributed by atoms with E-state index < -0.39 is 15.6 Å². The van der Waals surface area contributed by atoms with Gasteiger partial charge >= 0.3 is 11.6 Å². The number of carbonyl (C=O) groups is 1. The summed E-state index contributed by atoms with van der Waals surface area (Å²) >= 11 is 0. The highest BCUT2D eigenvalue weighted by Gasteiger charge is 2.31. The Balaban J connectivity index is 1.69. The van der Waals surface area contributed by atoms with Crippen LogP contribution in [0, 0.1) is 19.8 Å². The fourth-order valence-corrected chi connectivity index (χ4v) is 4.60. The maximum absolute atomic E-state index is 12.4. The molecule has 1 aliphatic rings. The Morgan fingerprint density at radius 1 is 1.25 bits per heavy atom. The maximum Gasteiger partial charge on any atom is 0.336 e. The number of benzene rings is 1. The molecule has 0 bridgehead atoms. The lowest BCUT2D eigenvalue weighted by molar-refractivity contribution is -0.151. The van der Waals surface area contributed by atoms with Crippen molar-refractivity contribution in [1.82, 2.24) is 4.31 Å². The quantitative estimate of drug-likeness (QED) is 0.558. The normalized spacial score (nSPS) is 16.4. The second kappa shape index (κ2) is 8.05. The number of hydrogen-bond acceptors (Lipinski definition) is 6. The van der Waals surface area contributed by atoms with Crippen molar-refractivity contribution in [3.8, 4) is 0 Å². The number of rotatable bonds is 5. The first-order chi connectivity index (χ1) is 13.2. The summed E-state index contributed by atoms with van der Waals surface area (Å²) in [4.78, 5) is 24.4. The molecular weight excluding hydrogens is 382 g/mol. The van der Waals surface area contributed by atoms with Crippen LogP contribution in [0.1, 0.15) is 36.5 Å². The van der Waals surface area contributed by atoms with Gasteiger partial charge < -0.3 is 9.15 Å². The highest BCUT2D eigenvalue weighted by molar-refractivity contribution is 7.89. The summed E-state index contributed by atoms with van der Waals surface area (Å²) in [5.41, 5.74) is 2.53. The third-order valence-electron chi connectivity index (χ3n) is 5.43. The van der Waals surface area contributed by atoms with E-state index in [1.54, 1.807) is 6.92 Å². The van der Waals surface area contributed by atoms with Crippen LogP contribution >= 0.6 is 0 Å². The topological polar surface area (TPSA) is 93.9 Å². The minimum absolute atomic E-state index is 0.0170. The molecule has 0 radical (unpaired) electrons. The summed E-state index contributed by atoms with van der Waals surface area (Å²) in [6.45, 7) is 6.07. The number of fused-ring (bicyclic) bond motifs is 1. The van der Waals surface area contributed by atoms with Crippen LogP contribution in [0.15, 0.2) is 27.4 Å².